The van der Waals surface area contributed by atoms with Gasteiger partial charge in [0.1, 0.15) is 30.9 Å². The molecule has 1 aromatic heterocycles. The highest BCUT2D eigenvalue weighted by molar-refractivity contribution is 5.98. The maximum absolute atomic E-state index is 13.9. The lowest BCUT2D eigenvalue weighted by Gasteiger charge is -2.34. The first-order valence-corrected chi connectivity index (χ1v) is 18.3. The fraction of sp³-hybridized carbons (Fsp3) is 0.350. The zero-order valence-electron chi connectivity index (χ0n) is 31.3. The third-order valence-corrected chi connectivity index (χ3v) is 9.39. The summed E-state index contributed by atoms with van der Waals surface area (Å²) in [6.45, 7) is 3.38. The maximum Gasteiger partial charge on any atom is 0.411 e. The SMILES string of the molecule is Cc1cc(=O)oc2cc(NC(=O)OCc3ccc(NC(=O)[C@H](CCCNC(N)=O)NC(=O)[C@@H](NC(=O)OCc4ccccc4)C4CCN(C)CC4)cc3)ccc12. The monoisotopic (exact) mass is 769 g/mol. The van der Waals surface area contributed by atoms with E-state index in [1.165, 1.54) is 6.07 Å². The van der Waals surface area contributed by atoms with Gasteiger partial charge < -0.3 is 45.8 Å². The first-order chi connectivity index (χ1) is 26.9. The molecule has 1 aliphatic rings. The topological polar surface area (TPSA) is 223 Å². The molecule has 4 aromatic rings. The average molecular weight is 770 g/mol. The number of piperidine rings is 1. The van der Waals surface area contributed by atoms with Crippen molar-refractivity contribution < 1.29 is 37.9 Å². The Morgan fingerprint density at radius 1 is 0.821 bits per heavy atom. The molecular weight excluding hydrogens is 722 g/mol. The van der Waals surface area contributed by atoms with Crippen LogP contribution in [0.4, 0.5) is 25.8 Å². The third kappa shape index (κ3) is 12.3. The van der Waals surface area contributed by atoms with E-state index in [1.807, 2.05) is 37.4 Å². The highest BCUT2D eigenvalue weighted by atomic mass is 16.6. The van der Waals surface area contributed by atoms with Crippen molar-refractivity contribution in [3.8, 4) is 0 Å². The first kappa shape index (κ1) is 40.8. The summed E-state index contributed by atoms with van der Waals surface area (Å²) < 4.78 is 16.0. The molecule has 296 valence electrons. The molecule has 0 spiro atoms. The van der Waals surface area contributed by atoms with Crippen LogP contribution in [0.15, 0.2) is 88.1 Å². The number of benzene rings is 3. The molecule has 6 amide bonds. The molecule has 2 heterocycles. The number of alkyl carbamates (subject to hydrolysis) is 1. The maximum atomic E-state index is 13.9. The molecule has 0 saturated carbocycles. The molecular formula is C40H47N7O9. The summed E-state index contributed by atoms with van der Waals surface area (Å²) in [7, 11) is 1.99. The Bertz CT molecular complexity index is 2050. The molecule has 2 atom stereocenters. The van der Waals surface area contributed by atoms with E-state index < -0.39 is 47.7 Å². The number of nitrogens with two attached hydrogens (primary N) is 1. The number of ether oxygens (including phenoxy) is 2. The fourth-order valence-electron chi connectivity index (χ4n) is 6.32. The predicted molar refractivity (Wildman–Crippen MR) is 209 cm³/mol. The van der Waals surface area contributed by atoms with Crippen molar-refractivity contribution >= 4 is 52.4 Å². The Balaban J connectivity index is 1.19. The van der Waals surface area contributed by atoms with E-state index in [0.29, 0.717) is 41.8 Å². The summed E-state index contributed by atoms with van der Waals surface area (Å²) >= 11 is 0. The average Bonchev–Trinajstić information content (AvgIpc) is 3.17. The number of carbonyl (C=O) groups is 5. The molecule has 1 saturated heterocycles. The molecule has 5 rings (SSSR count). The number of primary amides is 1. The quantitative estimate of drug-likeness (QED) is 0.0741. The van der Waals surface area contributed by atoms with Gasteiger partial charge in [0.25, 0.3) is 0 Å². The molecule has 0 bridgehead atoms. The number of nitrogens with one attached hydrogen (secondary N) is 5. The van der Waals surface area contributed by atoms with Crippen LogP contribution in [0.3, 0.4) is 0 Å². The number of urea groups is 1. The number of rotatable bonds is 15. The van der Waals surface area contributed by atoms with Crippen LogP contribution in [0.2, 0.25) is 0 Å². The largest absolute Gasteiger partial charge is 0.445 e. The van der Waals surface area contributed by atoms with Gasteiger partial charge in [-0.15, -0.1) is 0 Å². The summed E-state index contributed by atoms with van der Waals surface area (Å²) in [4.78, 5) is 78.1. The molecule has 7 N–H and O–H groups in total. The van der Waals surface area contributed by atoms with Crippen molar-refractivity contribution in [3.05, 3.63) is 106 Å². The molecule has 1 fully saturated rings. The lowest BCUT2D eigenvalue weighted by Crippen LogP contribution is -2.56. The Morgan fingerprint density at radius 3 is 2.18 bits per heavy atom. The smallest absolute Gasteiger partial charge is 0.411 e. The lowest BCUT2D eigenvalue weighted by atomic mass is 9.88. The lowest BCUT2D eigenvalue weighted by molar-refractivity contribution is -0.129. The van der Waals surface area contributed by atoms with Gasteiger partial charge >= 0.3 is 23.8 Å². The van der Waals surface area contributed by atoms with Crippen molar-refractivity contribution in [1.29, 1.82) is 0 Å². The minimum atomic E-state index is -1.04. The van der Waals surface area contributed by atoms with Crippen molar-refractivity contribution in [1.82, 2.24) is 20.9 Å². The van der Waals surface area contributed by atoms with Gasteiger partial charge in [-0.2, -0.15) is 0 Å². The number of amides is 6. The second-order valence-electron chi connectivity index (χ2n) is 13.7. The molecule has 16 nitrogen and oxygen atoms in total. The third-order valence-electron chi connectivity index (χ3n) is 9.39. The minimum absolute atomic E-state index is 0.0252. The number of hydrogen-bond donors (Lipinski definition) is 6. The first-order valence-electron chi connectivity index (χ1n) is 18.3. The van der Waals surface area contributed by atoms with E-state index in [9.17, 15) is 28.8 Å². The summed E-state index contributed by atoms with van der Waals surface area (Å²) in [6, 6.07) is 19.4. The van der Waals surface area contributed by atoms with Crippen molar-refractivity contribution in [2.75, 3.05) is 37.3 Å². The number of aryl methyl sites for hydroxylation is 1. The number of nitrogens with zero attached hydrogens (tertiary/aromatic N) is 1. The zero-order chi connectivity index (χ0) is 40.0. The Morgan fingerprint density at radius 2 is 1.48 bits per heavy atom. The Kier molecular flexibility index (Phi) is 14.4. The van der Waals surface area contributed by atoms with Gasteiger partial charge in [-0.1, -0.05) is 42.5 Å². The predicted octanol–water partition coefficient (Wildman–Crippen LogP) is 4.36. The van der Waals surface area contributed by atoms with Gasteiger partial charge in [0.2, 0.25) is 11.8 Å². The van der Waals surface area contributed by atoms with Gasteiger partial charge in [0, 0.05) is 35.4 Å². The van der Waals surface area contributed by atoms with E-state index in [0.717, 1.165) is 29.6 Å². The molecule has 0 radical (unpaired) electrons. The second-order valence-corrected chi connectivity index (χ2v) is 13.7. The van der Waals surface area contributed by atoms with Crippen LogP contribution in [-0.4, -0.2) is 73.7 Å². The zero-order valence-corrected chi connectivity index (χ0v) is 31.3. The van der Waals surface area contributed by atoms with Crippen molar-refractivity contribution in [2.24, 2.45) is 11.7 Å². The number of likely N-dealkylation sites (tertiary alicyclic amines) is 1. The van der Waals surface area contributed by atoms with E-state index >= 15 is 0 Å². The van der Waals surface area contributed by atoms with Gasteiger partial charge in [-0.05, 0) is 99.6 Å². The number of fused-ring (bicyclic) bond motifs is 1. The van der Waals surface area contributed by atoms with Crippen molar-refractivity contribution in [2.45, 2.75) is 57.9 Å². The Labute approximate surface area is 323 Å². The highest BCUT2D eigenvalue weighted by Crippen LogP contribution is 2.23. The molecule has 0 unspecified atom stereocenters. The molecule has 3 aromatic carbocycles. The van der Waals surface area contributed by atoms with E-state index in [4.69, 9.17) is 19.6 Å². The normalized spacial score (nSPS) is 14.2. The van der Waals surface area contributed by atoms with Crippen LogP contribution in [0.25, 0.3) is 11.0 Å². The summed E-state index contributed by atoms with van der Waals surface area (Å²) in [5.74, 6) is -1.25. The number of hydrogen-bond acceptors (Lipinski definition) is 10. The van der Waals surface area contributed by atoms with Crippen LogP contribution in [0, 0.1) is 12.8 Å². The van der Waals surface area contributed by atoms with E-state index in [-0.39, 0.29) is 32.1 Å². The van der Waals surface area contributed by atoms with Crippen LogP contribution in [0.5, 0.6) is 0 Å². The molecule has 1 aliphatic heterocycles. The molecule has 0 aliphatic carbocycles. The summed E-state index contributed by atoms with van der Waals surface area (Å²) in [6.07, 6.45) is 0.290. The molecule has 16 heteroatoms. The number of anilines is 2. The van der Waals surface area contributed by atoms with Gasteiger partial charge in [-0.3, -0.25) is 14.9 Å². The molecule has 56 heavy (non-hydrogen) atoms. The van der Waals surface area contributed by atoms with Crippen LogP contribution >= 0.6 is 0 Å². The summed E-state index contributed by atoms with van der Waals surface area (Å²) in [5.41, 5.74) is 8.03. The van der Waals surface area contributed by atoms with E-state index in [2.05, 4.69) is 31.5 Å². The fourth-order valence-corrected chi connectivity index (χ4v) is 6.32. The number of carbonyl (C=O) groups excluding carboxylic acids is 5. The van der Waals surface area contributed by atoms with Gasteiger partial charge in [-0.25, -0.2) is 19.2 Å². The second kappa shape index (κ2) is 19.8. The van der Waals surface area contributed by atoms with Gasteiger partial charge in [0.05, 0.1) is 0 Å². The Hall–Kier alpha value is -6.42. The standard InChI is InChI=1S/C40H47N7O9/c1-25-21-34(48)56-33-22-30(14-15-31(25)33)44-39(52)54-24-27-10-12-29(13-11-27)43-36(49)32(9-6-18-42-38(41)51)45-37(50)35(28-16-19-47(2)20-17-28)46-40(53)55-23-26-7-4-3-5-8-26/h3-5,7-8,10-15,21-22,28,32,35H,6,9,16-20,23-24H2,1-2H3,(H,43,49)(H,44,52)(H,45,50)(H,46,53)(H3,41,42,51)/t32-,35-/m0/s1. The summed E-state index contributed by atoms with van der Waals surface area (Å²) in [5, 5.41) is 14.2. The van der Waals surface area contributed by atoms with Gasteiger partial charge in [0.15, 0.2) is 0 Å². The van der Waals surface area contributed by atoms with Crippen LogP contribution in [-0.2, 0) is 32.3 Å². The van der Waals surface area contributed by atoms with Crippen LogP contribution < -0.4 is 37.9 Å². The minimum Gasteiger partial charge on any atom is -0.445 e. The van der Waals surface area contributed by atoms with Crippen molar-refractivity contribution in [3.63, 3.8) is 0 Å². The van der Waals surface area contributed by atoms with Crippen LogP contribution in [0.1, 0.15) is 42.4 Å². The highest BCUT2D eigenvalue weighted by Gasteiger charge is 2.34. The van der Waals surface area contributed by atoms with E-state index in [1.54, 1.807) is 49.4 Å².